The normalized spacial score (nSPS) is 24.6. The molecule has 0 unspecified atom stereocenters. The molecule has 2 aliphatic heterocycles. The fourth-order valence-electron chi connectivity index (χ4n) is 6.89. The van der Waals surface area contributed by atoms with Crippen LogP contribution in [0.5, 0.6) is 0 Å². The highest BCUT2D eigenvalue weighted by Crippen LogP contribution is 2.56. The van der Waals surface area contributed by atoms with Crippen molar-refractivity contribution in [1.82, 2.24) is 29.7 Å². The van der Waals surface area contributed by atoms with E-state index in [2.05, 4.69) is 19.9 Å². The van der Waals surface area contributed by atoms with E-state index in [0.717, 1.165) is 61.8 Å². The summed E-state index contributed by atoms with van der Waals surface area (Å²) in [6.07, 6.45) is 1.15. The number of likely N-dealkylation sites (tertiary alicyclic amines) is 2. The summed E-state index contributed by atoms with van der Waals surface area (Å²) >= 11 is 0. The van der Waals surface area contributed by atoms with Gasteiger partial charge in [0.15, 0.2) is 0 Å². The summed E-state index contributed by atoms with van der Waals surface area (Å²) in [4.78, 5) is 19.9. The fourth-order valence-corrected chi connectivity index (χ4v) is 8.12. The van der Waals surface area contributed by atoms with Crippen LogP contribution in [0.3, 0.4) is 0 Å². The van der Waals surface area contributed by atoms with Crippen LogP contribution in [-0.4, -0.2) is 71.7 Å². The maximum absolute atomic E-state index is 12.9. The lowest BCUT2D eigenvalue weighted by molar-refractivity contribution is -0.137. The molecule has 3 saturated carbocycles. The Balaban J connectivity index is 0.851. The molecule has 0 bridgehead atoms. The molecule has 7 rings (SSSR count). The van der Waals surface area contributed by atoms with Gasteiger partial charge in [-0.15, -0.1) is 10.2 Å². The highest BCUT2D eigenvalue weighted by atomic mass is 32.2. The number of sulfonamides is 1. The molecule has 3 aliphatic carbocycles. The Kier molecular flexibility index (Phi) is 5.09. The van der Waals surface area contributed by atoms with Gasteiger partial charge in [-0.05, 0) is 62.8 Å². The molecule has 2 saturated heterocycles. The molecule has 3 heterocycles. The summed E-state index contributed by atoms with van der Waals surface area (Å²) in [5.74, 6) is 2.97. The number of benzene rings is 1. The number of urea groups is 1. The van der Waals surface area contributed by atoms with Crippen LogP contribution in [0.15, 0.2) is 29.2 Å². The van der Waals surface area contributed by atoms with Crippen molar-refractivity contribution >= 4 is 16.1 Å². The van der Waals surface area contributed by atoms with Gasteiger partial charge in [-0.2, -0.15) is 13.2 Å². The Bertz CT molecular complexity index is 1360. The van der Waals surface area contributed by atoms with Gasteiger partial charge in [-0.1, -0.05) is 0 Å². The van der Waals surface area contributed by atoms with E-state index in [4.69, 9.17) is 0 Å². The second-order valence-electron chi connectivity index (χ2n) is 12.2. The van der Waals surface area contributed by atoms with Crippen LogP contribution in [0.1, 0.15) is 67.6 Å². The monoisotopic (exact) mass is 550 g/mol. The lowest BCUT2D eigenvalue weighted by atomic mass is 9.57. The van der Waals surface area contributed by atoms with E-state index in [-0.39, 0.29) is 27.8 Å². The first-order chi connectivity index (χ1) is 17.9. The topological polar surface area (TPSA) is 111 Å². The van der Waals surface area contributed by atoms with Crippen LogP contribution >= 0.6 is 0 Å². The first kappa shape index (κ1) is 24.4. The molecule has 1 aromatic heterocycles. The largest absolute Gasteiger partial charge is 0.416 e. The average molecular weight is 551 g/mol. The van der Waals surface area contributed by atoms with Gasteiger partial charge >= 0.3 is 12.2 Å². The van der Waals surface area contributed by atoms with Gasteiger partial charge in [-0.25, -0.2) is 17.9 Å². The molecule has 9 nitrogen and oxygen atoms in total. The Hall–Kier alpha value is -2.67. The van der Waals surface area contributed by atoms with E-state index in [1.54, 1.807) is 0 Å². The van der Waals surface area contributed by atoms with Crippen LogP contribution < -0.4 is 4.72 Å². The number of alkyl halides is 3. The number of carbonyl (C=O) groups is 1. The minimum Gasteiger partial charge on any atom is -0.328 e. The van der Waals surface area contributed by atoms with Crippen LogP contribution in [0, 0.1) is 10.8 Å². The van der Waals surface area contributed by atoms with Crippen molar-refractivity contribution in [3.63, 3.8) is 0 Å². The molecule has 13 heteroatoms. The van der Waals surface area contributed by atoms with Gasteiger partial charge in [0.2, 0.25) is 10.0 Å². The quantitative estimate of drug-likeness (QED) is 0.593. The zero-order chi connectivity index (χ0) is 26.5. The van der Waals surface area contributed by atoms with Crippen LogP contribution in [0.4, 0.5) is 18.0 Å². The van der Waals surface area contributed by atoms with E-state index >= 15 is 0 Å². The SMILES string of the molecule is O=C(N1CC2(CC(NS(=O)(=O)c3ccc(C(F)(F)F)cc3)C2)C1)N1CC2(CC(c3nnc(C4CC4)[nH]3)C2)C1. The summed E-state index contributed by atoms with van der Waals surface area (Å²) in [6, 6.07) is 3.27. The molecule has 2 N–H and O–H groups in total. The zero-order valence-corrected chi connectivity index (χ0v) is 21.5. The second kappa shape index (κ2) is 7.93. The third-order valence-corrected chi connectivity index (χ3v) is 10.6. The van der Waals surface area contributed by atoms with Gasteiger partial charge in [0.1, 0.15) is 11.6 Å². The molecule has 204 valence electrons. The van der Waals surface area contributed by atoms with Crippen molar-refractivity contribution in [2.24, 2.45) is 10.8 Å². The zero-order valence-electron chi connectivity index (χ0n) is 20.7. The molecule has 5 fully saturated rings. The molecule has 0 radical (unpaired) electrons. The number of rotatable bonds is 5. The Morgan fingerprint density at radius 3 is 1.95 bits per heavy atom. The Labute approximate surface area is 218 Å². The minimum absolute atomic E-state index is 0.0502. The number of H-pyrrole nitrogens is 1. The number of carbonyl (C=O) groups excluding carboxylic acids is 1. The van der Waals surface area contributed by atoms with Gasteiger partial charge < -0.3 is 14.8 Å². The molecule has 2 aromatic rings. The number of aromatic nitrogens is 3. The lowest BCUT2D eigenvalue weighted by Gasteiger charge is -2.63. The van der Waals surface area contributed by atoms with Gasteiger partial charge in [0.25, 0.3) is 0 Å². The third-order valence-electron chi connectivity index (χ3n) is 9.05. The lowest BCUT2D eigenvalue weighted by Crippen LogP contribution is -2.72. The molecular weight excluding hydrogens is 521 g/mol. The van der Waals surface area contributed by atoms with Gasteiger partial charge in [-0.3, -0.25) is 0 Å². The third kappa shape index (κ3) is 4.09. The number of aromatic amines is 1. The number of hydrogen-bond donors (Lipinski definition) is 2. The van der Waals surface area contributed by atoms with Crippen molar-refractivity contribution < 1.29 is 26.4 Å². The van der Waals surface area contributed by atoms with Crippen molar-refractivity contribution in [2.45, 2.75) is 67.5 Å². The van der Waals surface area contributed by atoms with E-state index < -0.39 is 21.8 Å². The van der Waals surface area contributed by atoms with E-state index in [9.17, 15) is 26.4 Å². The van der Waals surface area contributed by atoms with Gasteiger partial charge in [0, 0.05) is 54.9 Å². The molecule has 2 amide bonds. The Morgan fingerprint density at radius 1 is 0.895 bits per heavy atom. The van der Waals surface area contributed by atoms with Crippen molar-refractivity contribution in [1.29, 1.82) is 0 Å². The minimum atomic E-state index is -4.52. The summed E-state index contributed by atoms with van der Waals surface area (Å²) in [6.45, 7) is 2.76. The fraction of sp³-hybridized carbons (Fsp3) is 0.640. The van der Waals surface area contributed by atoms with E-state index in [0.29, 0.717) is 37.8 Å². The highest BCUT2D eigenvalue weighted by Gasteiger charge is 2.59. The predicted molar refractivity (Wildman–Crippen MR) is 129 cm³/mol. The van der Waals surface area contributed by atoms with E-state index in [1.165, 1.54) is 12.8 Å². The smallest absolute Gasteiger partial charge is 0.328 e. The van der Waals surface area contributed by atoms with Gasteiger partial charge in [0.05, 0.1) is 10.5 Å². The maximum atomic E-state index is 12.9. The number of amides is 2. The number of halogens is 3. The number of nitrogens with one attached hydrogen (secondary N) is 2. The Morgan fingerprint density at radius 2 is 1.42 bits per heavy atom. The predicted octanol–water partition coefficient (Wildman–Crippen LogP) is 3.44. The van der Waals surface area contributed by atoms with Crippen LogP contribution in [0.25, 0.3) is 0 Å². The number of nitrogens with zero attached hydrogens (tertiary/aromatic N) is 4. The molecular formula is C25H29F3N6O3S. The van der Waals surface area contributed by atoms with Crippen LogP contribution in [0.2, 0.25) is 0 Å². The highest BCUT2D eigenvalue weighted by molar-refractivity contribution is 7.89. The van der Waals surface area contributed by atoms with Crippen molar-refractivity contribution in [2.75, 3.05) is 26.2 Å². The van der Waals surface area contributed by atoms with Crippen LogP contribution in [-0.2, 0) is 16.2 Å². The summed E-state index contributed by atoms with van der Waals surface area (Å²) in [5, 5.41) is 8.62. The molecule has 0 atom stereocenters. The first-order valence-electron chi connectivity index (χ1n) is 13.1. The summed E-state index contributed by atoms with van der Waals surface area (Å²) < 4.78 is 66.0. The summed E-state index contributed by atoms with van der Waals surface area (Å²) in [7, 11) is -3.91. The van der Waals surface area contributed by atoms with Crippen molar-refractivity contribution in [3.8, 4) is 0 Å². The number of hydrogen-bond acceptors (Lipinski definition) is 5. The molecule has 38 heavy (non-hydrogen) atoms. The molecule has 1 aromatic carbocycles. The standard InChI is InChI=1S/C25H29F3N6O3S/c26-25(27,28)17-3-5-19(6-4-17)38(36,37)32-18-9-24(10-18)13-34(14-24)22(35)33-11-23(12-33)7-16(8-23)21-29-20(30-31-21)15-1-2-15/h3-6,15-16,18,32H,1-2,7-14H2,(H,29,30,31). The molecule has 2 spiro atoms. The summed E-state index contributed by atoms with van der Waals surface area (Å²) in [5.41, 5.74) is -0.757. The maximum Gasteiger partial charge on any atom is 0.416 e. The second-order valence-corrected chi connectivity index (χ2v) is 13.9. The van der Waals surface area contributed by atoms with E-state index in [1.807, 2.05) is 9.80 Å². The molecule has 5 aliphatic rings. The average Bonchev–Trinajstić information content (AvgIpc) is 3.49. The first-order valence-corrected chi connectivity index (χ1v) is 14.6. The van der Waals surface area contributed by atoms with Crippen molar-refractivity contribution in [3.05, 3.63) is 41.5 Å².